The smallest absolute Gasteiger partial charge is 0.327 e. The molecule has 0 saturated heterocycles. The summed E-state index contributed by atoms with van der Waals surface area (Å²) in [6, 6.07) is 2.14. The largest absolute Gasteiger partial charge is 0.465 e. The Bertz CT molecular complexity index is 527. The Labute approximate surface area is 126 Å². The van der Waals surface area contributed by atoms with Gasteiger partial charge >= 0.3 is 11.9 Å². The maximum Gasteiger partial charge on any atom is 0.327 e. The normalized spacial score (nSPS) is 12.9. The second-order valence-corrected chi connectivity index (χ2v) is 5.40. The van der Waals surface area contributed by atoms with Crippen LogP contribution >= 0.6 is 0 Å². The Hall–Kier alpha value is -2.12. The lowest BCUT2D eigenvalue weighted by atomic mass is 10.0. The van der Waals surface area contributed by atoms with Crippen molar-refractivity contribution in [3.05, 3.63) is 23.5 Å². The molecule has 0 aliphatic carbocycles. The molecule has 6 nitrogen and oxygen atoms in total. The number of hydrogen-bond acceptors (Lipinski definition) is 6. The van der Waals surface area contributed by atoms with E-state index in [2.05, 4.69) is 10.2 Å². The van der Waals surface area contributed by atoms with Crippen LogP contribution in [0.15, 0.2) is 12.1 Å². The van der Waals surface area contributed by atoms with Crippen LogP contribution in [0, 0.1) is 0 Å². The fourth-order valence-electron chi connectivity index (χ4n) is 1.55. The summed E-state index contributed by atoms with van der Waals surface area (Å²) < 4.78 is 34.9. The van der Waals surface area contributed by atoms with Crippen molar-refractivity contribution in [2.75, 3.05) is 6.61 Å². The van der Waals surface area contributed by atoms with E-state index < -0.39 is 35.6 Å². The van der Waals surface area contributed by atoms with E-state index in [0.717, 1.165) is 12.1 Å². The van der Waals surface area contributed by atoms with Gasteiger partial charge in [0.15, 0.2) is 5.92 Å². The first-order valence-electron chi connectivity index (χ1n) is 6.67. The number of rotatable bonds is 5. The second kappa shape index (κ2) is 7.24. The summed E-state index contributed by atoms with van der Waals surface area (Å²) in [5.41, 5.74) is -1.47. The van der Waals surface area contributed by atoms with Crippen LogP contribution in [0.25, 0.3) is 0 Å². The average molecular weight is 316 g/mol. The minimum Gasteiger partial charge on any atom is -0.465 e. The molecule has 0 aliphatic heterocycles. The van der Waals surface area contributed by atoms with Gasteiger partial charge in [-0.3, -0.25) is 9.59 Å². The van der Waals surface area contributed by atoms with E-state index >= 15 is 0 Å². The maximum absolute atomic E-state index is 12.5. The first kappa shape index (κ1) is 17.9. The number of alkyl halides is 2. The molecule has 0 spiro atoms. The lowest BCUT2D eigenvalue weighted by Gasteiger charge is -2.22. The third kappa shape index (κ3) is 5.01. The second-order valence-electron chi connectivity index (χ2n) is 5.40. The lowest BCUT2D eigenvalue weighted by molar-refractivity contribution is -0.164. The van der Waals surface area contributed by atoms with Crippen molar-refractivity contribution in [1.29, 1.82) is 0 Å². The van der Waals surface area contributed by atoms with Gasteiger partial charge in [0.25, 0.3) is 6.43 Å². The third-order valence-corrected chi connectivity index (χ3v) is 2.39. The Morgan fingerprint density at radius 2 is 1.68 bits per heavy atom. The van der Waals surface area contributed by atoms with E-state index in [1.165, 1.54) is 0 Å². The molecular formula is C14H18F2N2O4. The van der Waals surface area contributed by atoms with Crippen molar-refractivity contribution in [2.45, 2.75) is 45.6 Å². The topological polar surface area (TPSA) is 78.4 Å². The minimum absolute atomic E-state index is 0.0562. The van der Waals surface area contributed by atoms with Gasteiger partial charge in [0, 0.05) is 0 Å². The summed E-state index contributed by atoms with van der Waals surface area (Å²) >= 11 is 0. The van der Waals surface area contributed by atoms with Gasteiger partial charge in [0.05, 0.1) is 12.3 Å². The van der Waals surface area contributed by atoms with Gasteiger partial charge in [-0.15, -0.1) is 5.10 Å². The first-order chi connectivity index (χ1) is 10.2. The Kier molecular flexibility index (Phi) is 5.90. The summed E-state index contributed by atoms with van der Waals surface area (Å²) in [6.07, 6.45) is -2.79. The number of aromatic nitrogens is 2. The van der Waals surface area contributed by atoms with E-state index in [0.29, 0.717) is 0 Å². The number of esters is 2. The standard InChI is InChI=1S/C14H18F2N2O4/c1-5-21-12(19)10(13(20)22-14(2,3)4)8-6-7-9(11(15)16)18-17-8/h6-7,10-11H,5H2,1-4H3. The Morgan fingerprint density at radius 3 is 2.09 bits per heavy atom. The summed E-state index contributed by atoms with van der Waals surface area (Å²) in [5.74, 6) is -3.20. The van der Waals surface area contributed by atoms with Crippen LogP contribution in [0.3, 0.4) is 0 Å². The van der Waals surface area contributed by atoms with Crippen molar-refractivity contribution in [3.8, 4) is 0 Å². The molecule has 0 saturated carbocycles. The summed E-state index contributed by atoms with van der Waals surface area (Å²) in [7, 11) is 0. The molecule has 0 N–H and O–H groups in total. The van der Waals surface area contributed by atoms with Crippen molar-refractivity contribution < 1.29 is 27.8 Å². The molecule has 0 amide bonds. The molecule has 22 heavy (non-hydrogen) atoms. The van der Waals surface area contributed by atoms with Gasteiger partial charge < -0.3 is 9.47 Å². The van der Waals surface area contributed by atoms with Crippen LogP contribution in [-0.2, 0) is 19.1 Å². The summed E-state index contributed by atoms with van der Waals surface area (Å²) in [5, 5.41) is 6.83. The van der Waals surface area contributed by atoms with E-state index in [9.17, 15) is 18.4 Å². The highest BCUT2D eigenvalue weighted by atomic mass is 19.3. The van der Waals surface area contributed by atoms with Crippen LogP contribution in [-0.4, -0.2) is 34.3 Å². The van der Waals surface area contributed by atoms with E-state index in [1.54, 1.807) is 27.7 Å². The molecule has 0 fully saturated rings. The number of ether oxygens (including phenoxy) is 2. The van der Waals surface area contributed by atoms with E-state index in [1.807, 2.05) is 0 Å². The van der Waals surface area contributed by atoms with Crippen LogP contribution in [0.2, 0.25) is 0 Å². The molecule has 122 valence electrons. The fraction of sp³-hybridized carbons (Fsp3) is 0.571. The van der Waals surface area contributed by atoms with Gasteiger partial charge in [0.2, 0.25) is 0 Å². The molecule has 0 aliphatic rings. The highest BCUT2D eigenvalue weighted by molar-refractivity contribution is 6.00. The maximum atomic E-state index is 12.5. The van der Waals surface area contributed by atoms with Crippen molar-refractivity contribution in [2.24, 2.45) is 0 Å². The van der Waals surface area contributed by atoms with Crippen molar-refractivity contribution in [3.63, 3.8) is 0 Å². The number of halogens is 2. The Balaban J connectivity index is 3.09. The number of nitrogens with zero attached hydrogens (tertiary/aromatic N) is 2. The zero-order valence-corrected chi connectivity index (χ0v) is 12.8. The molecule has 1 rings (SSSR count). The highest BCUT2D eigenvalue weighted by Crippen LogP contribution is 2.22. The molecule has 0 aromatic carbocycles. The van der Waals surface area contributed by atoms with Crippen LogP contribution in [0.1, 0.15) is 51.4 Å². The molecule has 1 aromatic heterocycles. The molecule has 1 heterocycles. The SMILES string of the molecule is CCOC(=O)C(C(=O)OC(C)(C)C)c1ccc(C(F)F)nn1. The fourth-order valence-corrected chi connectivity index (χ4v) is 1.55. The molecule has 1 aromatic rings. The van der Waals surface area contributed by atoms with Gasteiger partial charge in [-0.25, -0.2) is 8.78 Å². The van der Waals surface area contributed by atoms with Crippen molar-refractivity contribution >= 4 is 11.9 Å². The zero-order valence-electron chi connectivity index (χ0n) is 12.8. The molecule has 8 heteroatoms. The average Bonchev–Trinajstić information content (AvgIpc) is 2.37. The van der Waals surface area contributed by atoms with Crippen LogP contribution < -0.4 is 0 Å². The highest BCUT2D eigenvalue weighted by Gasteiger charge is 2.35. The van der Waals surface area contributed by atoms with Crippen molar-refractivity contribution in [1.82, 2.24) is 10.2 Å². The van der Waals surface area contributed by atoms with E-state index in [-0.39, 0.29) is 12.3 Å². The molecule has 0 radical (unpaired) electrons. The zero-order chi connectivity index (χ0) is 16.9. The number of carbonyl (C=O) groups excluding carboxylic acids is 2. The van der Waals surface area contributed by atoms with Gasteiger partial charge in [0.1, 0.15) is 11.3 Å². The quantitative estimate of drug-likeness (QED) is 0.613. The van der Waals surface area contributed by atoms with Crippen LogP contribution in [0.4, 0.5) is 8.78 Å². The van der Waals surface area contributed by atoms with Gasteiger partial charge in [-0.2, -0.15) is 5.10 Å². The predicted octanol–water partition coefficient (Wildman–Crippen LogP) is 2.40. The molecule has 1 atom stereocenters. The summed E-state index contributed by atoms with van der Waals surface area (Å²) in [4.78, 5) is 24.1. The molecular weight excluding hydrogens is 298 g/mol. The number of hydrogen-bond donors (Lipinski definition) is 0. The van der Waals surface area contributed by atoms with Gasteiger partial charge in [-0.1, -0.05) is 0 Å². The number of carbonyl (C=O) groups is 2. The van der Waals surface area contributed by atoms with Crippen LogP contribution in [0.5, 0.6) is 0 Å². The summed E-state index contributed by atoms with van der Waals surface area (Å²) in [6.45, 7) is 6.55. The van der Waals surface area contributed by atoms with E-state index in [4.69, 9.17) is 9.47 Å². The predicted molar refractivity (Wildman–Crippen MR) is 72.2 cm³/mol. The third-order valence-electron chi connectivity index (χ3n) is 2.39. The first-order valence-corrected chi connectivity index (χ1v) is 6.67. The lowest BCUT2D eigenvalue weighted by Crippen LogP contribution is -2.33. The molecule has 0 bridgehead atoms. The minimum atomic E-state index is -2.79. The van der Waals surface area contributed by atoms with Gasteiger partial charge in [-0.05, 0) is 39.8 Å². The molecule has 1 unspecified atom stereocenters. The monoisotopic (exact) mass is 316 g/mol. The Morgan fingerprint density at radius 1 is 1.14 bits per heavy atom.